The normalized spacial score (nSPS) is 26.8. The zero-order chi connectivity index (χ0) is 15.7. The monoisotopic (exact) mass is 306 g/mol. The molecule has 2 fully saturated rings. The van der Waals surface area contributed by atoms with Crippen LogP contribution in [0.5, 0.6) is 0 Å². The number of nitrogens with zero attached hydrogens (tertiary/aromatic N) is 2. The maximum Gasteiger partial charge on any atom is 0.226 e. The molecule has 1 aliphatic heterocycles. The molecule has 3 atom stereocenters. The molecule has 1 saturated heterocycles. The summed E-state index contributed by atoms with van der Waals surface area (Å²) in [4.78, 5) is 16.7. The lowest BCUT2D eigenvalue weighted by Gasteiger charge is -2.35. The van der Waals surface area contributed by atoms with Crippen LogP contribution in [0.15, 0.2) is 24.3 Å². The van der Waals surface area contributed by atoms with E-state index in [0.29, 0.717) is 6.54 Å². The molecule has 1 aliphatic carbocycles. The molecule has 5 heteroatoms. The molecule has 1 amide bonds. The van der Waals surface area contributed by atoms with Gasteiger partial charge in [-0.1, -0.05) is 12.1 Å². The quantitative estimate of drug-likeness (QED) is 0.916. The number of aliphatic hydroxyl groups excluding tert-OH is 1. The summed E-state index contributed by atoms with van der Waals surface area (Å²) in [6.07, 6.45) is 0.548. The Bertz CT molecular complexity index is 524. The number of benzene rings is 1. The van der Waals surface area contributed by atoms with Crippen molar-refractivity contribution >= 4 is 5.91 Å². The minimum atomic E-state index is -0.325. The predicted molar refractivity (Wildman–Crippen MR) is 81.9 cm³/mol. The lowest BCUT2D eigenvalue weighted by Crippen LogP contribution is -2.50. The van der Waals surface area contributed by atoms with Gasteiger partial charge in [-0.15, -0.1) is 0 Å². The third-order valence-electron chi connectivity index (χ3n) is 4.61. The van der Waals surface area contributed by atoms with Gasteiger partial charge in [0, 0.05) is 38.6 Å². The van der Waals surface area contributed by atoms with E-state index in [0.717, 1.165) is 38.2 Å². The largest absolute Gasteiger partial charge is 0.392 e. The molecule has 0 spiro atoms. The highest BCUT2D eigenvalue weighted by Crippen LogP contribution is 2.48. The highest BCUT2D eigenvalue weighted by atomic mass is 19.1. The minimum absolute atomic E-state index is 0.0637. The highest BCUT2D eigenvalue weighted by molar-refractivity contribution is 5.83. The fraction of sp³-hybridized carbons (Fsp3) is 0.588. The van der Waals surface area contributed by atoms with E-state index in [-0.39, 0.29) is 29.7 Å². The molecule has 1 saturated carbocycles. The number of carbonyl (C=O) groups is 1. The fourth-order valence-electron chi connectivity index (χ4n) is 3.31. The Morgan fingerprint density at radius 3 is 2.50 bits per heavy atom. The Hall–Kier alpha value is -1.46. The van der Waals surface area contributed by atoms with E-state index in [1.54, 1.807) is 19.1 Å². The van der Waals surface area contributed by atoms with E-state index in [1.807, 2.05) is 4.90 Å². The van der Waals surface area contributed by atoms with Crippen LogP contribution in [0.2, 0.25) is 0 Å². The number of piperazine rings is 1. The van der Waals surface area contributed by atoms with Gasteiger partial charge < -0.3 is 10.0 Å². The number of rotatable bonds is 4. The van der Waals surface area contributed by atoms with E-state index in [1.165, 1.54) is 12.1 Å². The van der Waals surface area contributed by atoms with E-state index in [4.69, 9.17) is 0 Å². The first kappa shape index (κ1) is 15.4. The molecule has 0 aromatic heterocycles. The van der Waals surface area contributed by atoms with Crippen LogP contribution >= 0.6 is 0 Å². The third-order valence-corrected chi connectivity index (χ3v) is 4.61. The number of hydrogen-bond acceptors (Lipinski definition) is 3. The van der Waals surface area contributed by atoms with Crippen molar-refractivity contribution in [2.45, 2.75) is 25.4 Å². The second kappa shape index (κ2) is 6.34. The molecule has 1 N–H and O–H groups in total. The maximum atomic E-state index is 12.9. The van der Waals surface area contributed by atoms with Gasteiger partial charge in [-0.3, -0.25) is 9.69 Å². The highest BCUT2D eigenvalue weighted by Gasteiger charge is 2.46. The molecule has 120 valence electrons. The van der Waals surface area contributed by atoms with Crippen molar-refractivity contribution in [3.63, 3.8) is 0 Å². The molecule has 1 aromatic carbocycles. The van der Waals surface area contributed by atoms with E-state index in [9.17, 15) is 14.3 Å². The predicted octanol–water partition coefficient (Wildman–Crippen LogP) is 1.45. The van der Waals surface area contributed by atoms with Crippen LogP contribution in [0.1, 0.15) is 24.8 Å². The molecule has 2 aliphatic rings. The van der Waals surface area contributed by atoms with Crippen molar-refractivity contribution < 1.29 is 14.3 Å². The van der Waals surface area contributed by atoms with E-state index < -0.39 is 0 Å². The second-order valence-electron chi connectivity index (χ2n) is 6.48. The molecular weight excluding hydrogens is 283 g/mol. The Kier molecular flexibility index (Phi) is 4.45. The van der Waals surface area contributed by atoms with Crippen molar-refractivity contribution in [2.24, 2.45) is 5.92 Å². The average Bonchev–Trinajstić information content (AvgIpc) is 3.28. The van der Waals surface area contributed by atoms with Gasteiger partial charge in [0.1, 0.15) is 5.82 Å². The number of halogens is 1. The van der Waals surface area contributed by atoms with Crippen LogP contribution in [0.25, 0.3) is 0 Å². The third kappa shape index (κ3) is 3.47. The summed E-state index contributed by atoms with van der Waals surface area (Å²) >= 11 is 0. The van der Waals surface area contributed by atoms with Crippen molar-refractivity contribution in [1.29, 1.82) is 0 Å². The number of aliphatic hydroxyl groups is 1. The number of hydrogen-bond donors (Lipinski definition) is 1. The Balaban J connectivity index is 1.51. The summed E-state index contributed by atoms with van der Waals surface area (Å²) in [5.74, 6) is 0.310. The molecular formula is C17H23FN2O2. The van der Waals surface area contributed by atoms with Gasteiger partial charge in [-0.05, 0) is 37.0 Å². The second-order valence-corrected chi connectivity index (χ2v) is 6.48. The van der Waals surface area contributed by atoms with Gasteiger partial charge in [0.05, 0.1) is 6.10 Å². The van der Waals surface area contributed by atoms with Crippen LogP contribution in [-0.2, 0) is 4.79 Å². The lowest BCUT2D eigenvalue weighted by atomic mass is 10.1. The molecule has 4 nitrogen and oxygen atoms in total. The zero-order valence-corrected chi connectivity index (χ0v) is 12.9. The topological polar surface area (TPSA) is 43.8 Å². The van der Waals surface area contributed by atoms with Crippen molar-refractivity contribution in [2.75, 3.05) is 32.7 Å². The lowest BCUT2D eigenvalue weighted by molar-refractivity contribution is -0.134. The molecule has 0 bridgehead atoms. The molecule has 0 radical (unpaired) electrons. The number of amides is 1. The van der Waals surface area contributed by atoms with E-state index in [2.05, 4.69) is 4.90 Å². The molecule has 1 aromatic rings. The average molecular weight is 306 g/mol. The first-order chi connectivity index (χ1) is 10.5. The van der Waals surface area contributed by atoms with Crippen molar-refractivity contribution in [1.82, 2.24) is 9.80 Å². The Morgan fingerprint density at radius 1 is 1.27 bits per heavy atom. The van der Waals surface area contributed by atoms with Gasteiger partial charge in [-0.2, -0.15) is 0 Å². The molecule has 22 heavy (non-hydrogen) atoms. The summed E-state index contributed by atoms with van der Waals surface area (Å²) in [7, 11) is 0. The van der Waals surface area contributed by atoms with Gasteiger partial charge in [0.2, 0.25) is 5.91 Å². The van der Waals surface area contributed by atoms with E-state index >= 15 is 0 Å². The van der Waals surface area contributed by atoms with Gasteiger partial charge in [-0.25, -0.2) is 4.39 Å². The molecule has 3 rings (SSSR count). The van der Waals surface area contributed by atoms with Crippen molar-refractivity contribution in [3.8, 4) is 0 Å². The van der Waals surface area contributed by atoms with Gasteiger partial charge in [0.15, 0.2) is 0 Å². The zero-order valence-electron chi connectivity index (χ0n) is 12.9. The van der Waals surface area contributed by atoms with Gasteiger partial charge >= 0.3 is 0 Å². The minimum Gasteiger partial charge on any atom is -0.392 e. The van der Waals surface area contributed by atoms with Crippen LogP contribution in [0.3, 0.4) is 0 Å². The smallest absolute Gasteiger partial charge is 0.226 e. The summed E-state index contributed by atoms with van der Waals surface area (Å²) in [6, 6.07) is 6.50. The summed E-state index contributed by atoms with van der Waals surface area (Å²) in [5.41, 5.74) is 1.06. The summed E-state index contributed by atoms with van der Waals surface area (Å²) in [5, 5.41) is 9.41. The first-order valence-electron chi connectivity index (χ1n) is 7.99. The van der Waals surface area contributed by atoms with Crippen LogP contribution in [0.4, 0.5) is 4.39 Å². The van der Waals surface area contributed by atoms with Crippen LogP contribution in [-0.4, -0.2) is 59.6 Å². The summed E-state index contributed by atoms with van der Waals surface area (Å²) in [6.45, 7) is 5.57. The van der Waals surface area contributed by atoms with Crippen LogP contribution in [0, 0.1) is 11.7 Å². The van der Waals surface area contributed by atoms with Crippen LogP contribution < -0.4 is 0 Å². The summed E-state index contributed by atoms with van der Waals surface area (Å²) < 4.78 is 12.9. The van der Waals surface area contributed by atoms with Crippen molar-refractivity contribution in [3.05, 3.63) is 35.6 Å². The molecule has 1 heterocycles. The molecule has 0 unspecified atom stereocenters. The first-order valence-corrected chi connectivity index (χ1v) is 7.99. The standard InChI is InChI=1S/C17H23FN2O2/c1-12(21)11-19-6-8-20(9-7-19)17(22)16-10-15(16)13-2-4-14(18)5-3-13/h2-5,12,15-16,21H,6-11H2,1H3/t12-,15+,16-/m0/s1. The maximum absolute atomic E-state index is 12.9. The number of β-amino-alcohol motifs (C(OH)–C–C–N with tert-alkyl or cyclic N) is 1. The Labute approximate surface area is 130 Å². The SMILES string of the molecule is C[C@H](O)CN1CCN(C(=O)[C@H]2C[C@@H]2c2ccc(F)cc2)CC1. The van der Waals surface area contributed by atoms with Gasteiger partial charge in [0.25, 0.3) is 0 Å². The fourth-order valence-corrected chi connectivity index (χ4v) is 3.31. The number of carbonyl (C=O) groups excluding carboxylic acids is 1. The Morgan fingerprint density at radius 2 is 1.91 bits per heavy atom.